The fraction of sp³-hybridized carbons (Fsp3) is 0.600. The van der Waals surface area contributed by atoms with E-state index in [-0.39, 0.29) is 6.10 Å². The molecule has 2 atom stereocenters. The molecule has 0 amide bonds. The predicted octanol–water partition coefficient (Wildman–Crippen LogP) is 2.57. The molecule has 100 valence electrons. The van der Waals surface area contributed by atoms with Gasteiger partial charge in [0.2, 0.25) is 0 Å². The molecule has 1 aromatic rings. The summed E-state index contributed by atoms with van der Waals surface area (Å²) in [5, 5.41) is 3.52. The van der Waals surface area contributed by atoms with Crippen LogP contribution in [0.5, 0.6) is 5.75 Å². The standard InChI is InChI=1S/C15H23NO2/c1-4-16-14(10-17-11(2)3)13-9-18-15-8-6-5-7-12(13)15/h5-8,11,13-14,16H,4,9-10H2,1-3H3. The first-order valence-corrected chi connectivity index (χ1v) is 6.79. The van der Waals surface area contributed by atoms with Crippen LogP contribution in [-0.4, -0.2) is 31.9 Å². The average Bonchev–Trinajstić information content (AvgIpc) is 2.78. The van der Waals surface area contributed by atoms with Crippen LogP contribution >= 0.6 is 0 Å². The van der Waals surface area contributed by atoms with Gasteiger partial charge >= 0.3 is 0 Å². The van der Waals surface area contributed by atoms with Crippen LogP contribution in [0.15, 0.2) is 24.3 Å². The molecule has 0 aliphatic carbocycles. The molecule has 0 saturated carbocycles. The van der Waals surface area contributed by atoms with Gasteiger partial charge in [-0.1, -0.05) is 25.1 Å². The number of hydrogen-bond acceptors (Lipinski definition) is 3. The van der Waals surface area contributed by atoms with Gasteiger partial charge in [0, 0.05) is 17.5 Å². The SMILES string of the molecule is CCNC(COC(C)C)C1COc2ccccc21. The maximum Gasteiger partial charge on any atom is 0.122 e. The van der Waals surface area contributed by atoms with E-state index in [4.69, 9.17) is 9.47 Å². The zero-order valence-corrected chi connectivity index (χ0v) is 11.5. The Morgan fingerprint density at radius 2 is 2.17 bits per heavy atom. The van der Waals surface area contributed by atoms with E-state index in [1.807, 2.05) is 12.1 Å². The lowest BCUT2D eigenvalue weighted by Crippen LogP contribution is -2.40. The molecule has 1 aliphatic rings. The summed E-state index contributed by atoms with van der Waals surface area (Å²) in [6.45, 7) is 8.70. The number of para-hydroxylation sites is 1. The molecule has 0 spiro atoms. The van der Waals surface area contributed by atoms with E-state index in [2.05, 4.69) is 38.2 Å². The lowest BCUT2D eigenvalue weighted by atomic mass is 9.93. The highest BCUT2D eigenvalue weighted by atomic mass is 16.5. The highest BCUT2D eigenvalue weighted by Gasteiger charge is 2.30. The van der Waals surface area contributed by atoms with Gasteiger partial charge in [0.1, 0.15) is 5.75 Å². The molecular formula is C15H23NO2. The zero-order chi connectivity index (χ0) is 13.0. The Morgan fingerprint density at radius 1 is 1.39 bits per heavy atom. The van der Waals surface area contributed by atoms with Crippen molar-refractivity contribution in [2.45, 2.75) is 38.8 Å². The van der Waals surface area contributed by atoms with Gasteiger partial charge in [-0.05, 0) is 26.5 Å². The van der Waals surface area contributed by atoms with E-state index in [9.17, 15) is 0 Å². The van der Waals surface area contributed by atoms with Crippen LogP contribution in [0.3, 0.4) is 0 Å². The van der Waals surface area contributed by atoms with E-state index in [1.165, 1.54) is 5.56 Å². The number of benzene rings is 1. The summed E-state index contributed by atoms with van der Waals surface area (Å²) in [4.78, 5) is 0. The summed E-state index contributed by atoms with van der Waals surface area (Å²) in [5.74, 6) is 1.41. The Bertz CT molecular complexity index is 379. The van der Waals surface area contributed by atoms with Gasteiger partial charge in [0.15, 0.2) is 0 Å². The van der Waals surface area contributed by atoms with E-state index in [0.29, 0.717) is 12.0 Å². The van der Waals surface area contributed by atoms with Crippen molar-refractivity contribution in [3.05, 3.63) is 29.8 Å². The smallest absolute Gasteiger partial charge is 0.122 e. The number of nitrogens with one attached hydrogen (secondary N) is 1. The van der Waals surface area contributed by atoms with E-state index >= 15 is 0 Å². The molecule has 2 unspecified atom stereocenters. The van der Waals surface area contributed by atoms with Crippen molar-refractivity contribution >= 4 is 0 Å². The quantitative estimate of drug-likeness (QED) is 0.840. The van der Waals surface area contributed by atoms with Gasteiger partial charge in [-0.3, -0.25) is 0 Å². The Kier molecular flexibility index (Phi) is 4.61. The summed E-state index contributed by atoms with van der Waals surface area (Å²) in [7, 11) is 0. The third kappa shape index (κ3) is 3.03. The lowest BCUT2D eigenvalue weighted by Gasteiger charge is -2.24. The molecule has 3 nitrogen and oxygen atoms in total. The minimum Gasteiger partial charge on any atom is -0.493 e. The molecule has 1 heterocycles. The van der Waals surface area contributed by atoms with Crippen LogP contribution in [0.2, 0.25) is 0 Å². The highest BCUT2D eigenvalue weighted by Crippen LogP contribution is 2.35. The van der Waals surface area contributed by atoms with Gasteiger partial charge < -0.3 is 14.8 Å². The predicted molar refractivity (Wildman–Crippen MR) is 73.2 cm³/mol. The molecule has 1 aliphatic heterocycles. The molecule has 0 fully saturated rings. The Morgan fingerprint density at radius 3 is 2.89 bits per heavy atom. The molecule has 3 heteroatoms. The highest BCUT2D eigenvalue weighted by molar-refractivity contribution is 5.40. The minimum atomic E-state index is 0.267. The van der Waals surface area contributed by atoms with Crippen LogP contribution in [0, 0.1) is 0 Å². The van der Waals surface area contributed by atoms with Gasteiger partial charge in [-0.15, -0.1) is 0 Å². The molecular weight excluding hydrogens is 226 g/mol. The van der Waals surface area contributed by atoms with Crippen LogP contribution in [0.4, 0.5) is 0 Å². The van der Waals surface area contributed by atoms with Crippen LogP contribution in [-0.2, 0) is 4.74 Å². The van der Waals surface area contributed by atoms with Crippen LogP contribution < -0.4 is 10.1 Å². The van der Waals surface area contributed by atoms with Crippen molar-refractivity contribution in [3.63, 3.8) is 0 Å². The number of ether oxygens (including phenoxy) is 2. The van der Waals surface area contributed by atoms with Crippen molar-refractivity contribution < 1.29 is 9.47 Å². The maximum absolute atomic E-state index is 5.77. The second kappa shape index (κ2) is 6.21. The normalized spacial score (nSPS) is 19.7. The topological polar surface area (TPSA) is 30.5 Å². The zero-order valence-electron chi connectivity index (χ0n) is 11.5. The Balaban J connectivity index is 2.07. The molecule has 0 bridgehead atoms. The van der Waals surface area contributed by atoms with E-state index in [0.717, 1.165) is 25.5 Å². The monoisotopic (exact) mass is 249 g/mol. The second-order valence-corrected chi connectivity index (χ2v) is 5.00. The number of fused-ring (bicyclic) bond motifs is 1. The lowest BCUT2D eigenvalue weighted by molar-refractivity contribution is 0.0540. The Hall–Kier alpha value is -1.06. The molecule has 0 saturated heterocycles. The summed E-state index contributed by atoms with van der Waals surface area (Å²) >= 11 is 0. The molecule has 1 N–H and O–H groups in total. The average molecular weight is 249 g/mol. The van der Waals surface area contributed by atoms with Crippen LogP contribution in [0.25, 0.3) is 0 Å². The number of rotatable bonds is 6. The third-order valence-corrected chi connectivity index (χ3v) is 3.30. The molecule has 2 rings (SSSR count). The summed E-state index contributed by atoms with van der Waals surface area (Å²) in [6, 6.07) is 8.62. The number of hydrogen-bond donors (Lipinski definition) is 1. The van der Waals surface area contributed by atoms with Crippen molar-refractivity contribution in [3.8, 4) is 5.75 Å². The van der Waals surface area contributed by atoms with Crippen molar-refractivity contribution in [2.24, 2.45) is 0 Å². The molecule has 0 aromatic heterocycles. The first kappa shape index (κ1) is 13.4. The second-order valence-electron chi connectivity index (χ2n) is 5.00. The number of likely N-dealkylation sites (N-methyl/N-ethyl adjacent to an activating group) is 1. The first-order valence-electron chi connectivity index (χ1n) is 6.79. The van der Waals surface area contributed by atoms with Gasteiger partial charge in [-0.2, -0.15) is 0 Å². The van der Waals surface area contributed by atoms with Gasteiger partial charge in [-0.25, -0.2) is 0 Å². The van der Waals surface area contributed by atoms with E-state index in [1.54, 1.807) is 0 Å². The summed E-state index contributed by atoms with van der Waals surface area (Å²) in [6.07, 6.45) is 0.267. The molecule has 1 aromatic carbocycles. The molecule has 18 heavy (non-hydrogen) atoms. The fourth-order valence-electron chi connectivity index (χ4n) is 2.40. The first-order chi connectivity index (χ1) is 8.72. The largest absolute Gasteiger partial charge is 0.493 e. The van der Waals surface area contributed by atoms with E-state index < -0.39 is 0 Å². The maximum atomic E-state index is 5.77. The van der Waals surface area contributed by atoms with Gasteiger partial charge in [0.25, 0.3) is 0 Å². The minimum absolute atomic E-state index is 0.267. The Labute approximate surface area is 109 Å². The fourth-order valence-corrected chi connectivity index (χ4v) is 2.40. The van der Waals surface area contributed by atoms with Crippen molar-refractivity contribution in [1.29, 1.82) is 0 Å². The van der Waals surface area contributed by atoms with Gasteiger partial charge in [0.05, 0.1) is 19.3 Å². The van der Waals surface area contributed by atoms with Crippen molar-refractivity contribution in [1.82, 2.24) is 5.32 Å². The van der Waals surface area contributed by atoms with Crippen molar-refractivity contribution in [2.75, 3.05) is 19.8 Å². The third-order valence-electron chi connectivity index (χ3n) is 3.30. The summed E-state index contributed by atoms with van der Waals surface area (Å²) in [5.41, 5.74) is 1.30. The van der Waals surface area contributed by atoms with Crippen LogP contribution in [0.1, 0.15) is 32.3 Å². The molecule has 0 radical (unpaired) electrons. The summed E-state index contributed by atoms with van der Waals surface area (Å²) < 4.78 is 11.5.